The third kappa shape index (κ3) is 2.96. The average Bonchev–Trinajstić information content (AvgIpc) is 2.69. The predicted molar refractivity (Wildman–Crippen MR) is 79.1 cm³/mol. The molecule has 0 aliphatic rings. The molecule has 1 aromatic carbocycles. The van der Waals surface area contributed by atoms with Gasteiger partial charge in [0, 0.05) is 23.4 Å². The van der Waals surface area contributed by atoms with Gasteiger partial charge >= 0.3 is 0 Å². The van der Waals surface area contributed by atoms with Gasteiger partial charge < -0.3 is 11.1 Å². The van der Waals surface area contributed by atoms with E-state index < -0.39 is 0 Å². The molecule has 100 valence electrons. The van der Waals surface area contributed by atoms with Crippen molar-refractivity contribution in [2.75, 3.05) is 11.1 Å². The second kappa shape index (κ2) is 5.44. The third-order valence-corrected chi connectivity index (χ3v) is 3.24. The highest BCUT2D eigenvalue weighted by Gasteiger charge is 2.13. The Hall–Kier alpha value is -1.82. The highest BCUT2D eigenvalue weighted by atomic mass is 79.9. The lowest BCUT2D eigenvalue weighted by molar-refractivity contribution is 0.102. The maximum Gasteiger partial charge on any atom is 0.257 e. The normalized spacial score (nSPS) is 10.5. The highest BCUT2D eigenvalue weighted by molar-refractivity contribution is 9.10. The Morgan fingerprint density at radius 2 is 2.26 bits per heavy atom. The highest BCUT2D eigenvalue weighted by Crippen LogP contribution is 2.21. The average molecular weight is 323 g/mol. The fourth-order valence-electron chi connectivity index (χ4n) is 1.83. The zero-order valence-electron chi connectivity index (χ0n) is 10.8. The summed E-state index contributed by atoms with van der Waals surface area (Å²) in [5.41, 5.74) is 8.30. The molecular weight excluding hydrogens is 308 g/mol. The van der Waals surface area contributed by atoms with Crippen LogP contribution >= 0.6 is 15.9 Å². The van der Waals surface area contributed by atoms with E-state index in [1.807, 2.05) is 14.0 Å². The van der Waals surface area contributed by atoms with E-state index in [2.05, 4.69) is 26.3 Å². The van der Waals surface area contributed by atoms with E-state index in [4.69, 9.17) is 5.73 Å². The first-order valence-electron chi connectivity index (χ1n) is 5.90. The molecule has 1 heterocycles. The number of nitrogens with zero attached hydrogens (tertiary/aromatic N) is 2. The van der Waals surface area contributed by atoms with Gasteiger partial charge in [-0.3, -0.25) is 9.48 Å². The van der Waals surface area contributed by atoms with E-state index in [1.165, 1.54) is 0 Å². The maximum atomic E-state index is 12.2. The minimum atomic E-state index is -0.229. The molecule has 3 N–H and O–H groups in total. The number of amides is 1. The van der Waals surface area contributed by atoms with Gasteiger partial charge in [0.1, 0.15) is 0 Å². The monoisotopic (exact) mass is 322 g/mol. The second-order valence-electron chi connectivity index (χ2n) is 4.20. The molecule has 1 aromatic heterocycles. The molecule has 0 atom stereocenters. The van der Waals surface area contributed by atoms with Gasteiger partial charge in [-0.25, -0.2) is 0 Å². The topological polar surface area (TPSA) is 72.9 Å². The lowest BCUT2D eigenvalue weighted by Gasteiger charge is -2.07. The van der Waals surface area contributed by atoms with Crippen molar-refractivity contribution in [3.05, 3.63) is 40.1 Å². The fourth-order valence-corrected chi connectivity index (χ4v) is 2.21. The first kappa shape index (κ1) is 13.6. The van der Waals surface area contributed by atoms with Gasteiger partial charge in [0.25, 0.3) is 5.91 Å². The van der Waals surface area contributed by atoms with E-state index in [0.29, 0.717) is 11.3 Å². The van der Waals surface area contributed by atoms with Crippen molar-refractivity contribution in [1.82, 2.24) is 9.78 Å². The zero-order chi connectivity index (χ0) is 14.0. The van der Waals surface area contributed by atoms with Crippen LogP contribution in [0.15, 0.2) is 28.9 Å². The molecule has 0 saturated heterocycles. The molecule has 2 rings (SSSR count). The fraction of sp³-hybridized carbons (Fsp3) is 0.231. The summed E-state index contributed by atoms with van der Waals surface area (Å²) in [4.78, 5) is 12.2. The van der Waals surface area contributed by atoms with Gasteiger partial charge in [-0.05, 0) is 24.6 Å². The van der Waals surface area contributed by atoms with Crippen LogP contribution in [0.1, 0.15) is 23.0 Å². The molecule has 0 radical (unpaired) electrons. The van der Waals surface area contributed by atoms with E-state index in [-0.39, 0.29) is 5.91 Å². The predicted octanol–water partition coefficient (Wildman–Crippen LogP) is 2.58. The molecule has 0 aliphatic heterocycles. The van der Waals surface area contributed by atoms with Gasteiger partial charge in [0.15, 0.2) is 0 Å². The Morgan fingerprint density at radius 3 is 2.89 bits per heavy atom. The van der Waals surface area contributed by atoms with Gasteiger partial charge in [0.2, 0.25) is 0 Å². The molecule has 0 aliphatic carbocycles. The summed E-state index contributed by atoms with van der Waals surface area (Å²) in [6, 6.07) is 5.19. The molecule has 19 heavy (non-hydrogen) atoms. The molecule has 2 aromatic rings. The first-order valence-corrected chi connectivity index (χ1v) is 6.69. The summed E-state index contributed by atoms with van der Waals surface area (Å²) in [7, 11) is 1.82. The van der Waals surface area contributed by atoms with Crippen LogP contribution in [0.25, 0.3) is 0 Å². The summed E-state index contributed by atoms with van der Waals surface area (Å²) < 4.78 is 2.52. The summed E-state index contributed by atoms with van der Waals surface area (Å²) in [5, 5.41) is 7.12. The van der Waals surface area contributed by atoms with Crippen LogP contribution < -0.4 is 11.1 Å². The summed E-state index contributed by atoms with van der Waals surface area (Å²) in [5.74, 6) is -0.229. The number of benzene rings is 1. The van der Waals surface area contributed by atoms with Gasteiger partial charge in [-0.15, -0.1) is 0 Å². The van der Waals surface area contributed by atoms with Gasteiger partial charge in [-0.1, -0.05) is 22.9 Å². The quantitative estimate of drug-likeness (QED) is 0.853. The Bertz CT molecular complexity index is 621. The molecular formula is C13H15BrN4O. The number of carbonyl (C=O) groups is 1. The summed E-state index contributed by atoms with van der Waals surface area (Å²) in [6.07, 6.45) is 2.54. The van der Waals surface area contributed by atoms with Gasteiger partial charge in [0.05, 0.1) is 16.9 Å². The van der Waals surface area contributed by atoms with Crippen LogP contribution in [0.5, 0.6) is 0 Å². The second-order valence-corrected chi connectivity index (χ2v) is 5.12. The van der Waals surface area contributed by atoms with E-state index >= 15 is 0 Å². The van der Waals surface area contributed by atoms with Gasteiger partial charge in [-0.2, -0.15) is 5.10 Å². The molecule has 0 unspecified atom stereocenters. The number of anilines is 2. The SMILES string of the molecule is CCc1nn(C)cc1NC(=O)c1ccc(Br)cc1N. The molecule has 6 heteroatoms. The van der Waals surface area contributed by atoms with Crippen LogP contribution in [0, 0.1) is 0 Å². The van der Waals surface area contributed by atoms with Crippen LogP contribution in [-0.2, 0) is 13.5 Å². The number of nitrogens with one attached hydrogen (secondary N) is 1. The molecule has 0 bridgehead atoms. The number of hydrogen-bond donors (Lipinski definition) is 2. The number of carbonyl (C=O) groups excluding carboxylic acids is 1. The Balaban J connectivity index is 2.25. The van der Waals surface area contributed by atoms with Crippen molar-refractivity contribution in [2.24, 2.45) is 7.05 Å². The lowest BCUT2D eigenvalue weighted by Crippen LogP contribution is -2.14. The summed E-state index contributed by atoms with van der Waals surface area (Å²) in [6.45, 7) is 1.99. The van der Waals surface area contributed by atoms with Crippen molar-refractivity contribution in [3.63, 3.8) is 0 Å². The van der Waals surface area contributed by atoms with Crippen LogP contribution in [0.4, 0.5) is 11.4 Å². The van der Waals surface area contributed by atoms with E-state index in [9.17, 15) is 4.79 Å². The molecule has 0 saturated carbocycles. The number of nitrogen functional groups attached to an aromatic ring is 1. The van der Waals surface area contributed by atoms with Crippen LogP contribution in [0.3, 0.4) is 0 Å². The third-order valence-electron chi connectivity index (χ3n) is 2.75. The molecule has 0 spiro atoms. The van der Waals surface area contributed by atoms with E-state index in [1.54, 1.807) is 29.1 Å². The van der Waals surface area contributed by atoms with Crippen molar-refractivity contribution in [3.8, 4) is 0 Å². The Kier molecular flexibility index (Phi) is 3.90. The number of halogens is 1. The van der Waals surface area contributed by atoms with Crippen molar-refractivity contribution >= 4 is 33.2 Å². The Labute approximate surface area is 119 Å². The van der Waals surface area contributed by atoms with Crippen LogP contribution in [0.2, 0.25) is 0 Å². The van der Waals surface area contributed by atoms with Crippen LogP contribution in [-0.4, -0.2) is 15.7 Å². The molecule has 1 amide bonds. The standard InChI is InChI=1S/C13H15BrN4O/c1-3-11-12(7-18(2)17-11)16-13(19)9-5-4-8(14)6-10(9)15/h4-7H,3,15H2,1-2H3,(H,16,19). The largest absolute Gasteiger partial charge is 0.398 e. The zero-order valence-corrected chi connectivity index (χ0v) is 12.4. The summed E-state index contributed by atoms with van der Waals surface area (Å²) >= 11 is 3.31. The number of rotatable bonds is 3. The molecule has 0 fully saturated rings. The maximum absolute atomic E-state index is 12.2. The number of aryl methyl sites for hydroxylation is 2. The number of nitrogens with two attached hydrogens (primary N) is 1. The smallest absolute Gasteiger partial charge is 0.257 e. The minimum Gasteiger partial charge on any atom is -0.398 e. The lowest BCUT2D eigenvalue weighted by atomic mass is 10.1. The van der Waals surface area contributed by atoms with Crippen molar-refractivity contribution < 1.29 is 4.79 Å². The van der Waals surface area contributed by atoms with Crippen molar-refractivity contribution in [1.29, 1.82) is 0 Å². The number of aromatic nitrogens is 2. The van der Waals surface area contributed by atoms with E-state index in [0.717, 1.165) is 22.3 Å². The van der Waals surface area contributed by atoms with Crippen molar-refractivity contribution in [2.45, 2.75) is 13.3 Å². The molecule has 5 nitrogen and oxygen atoms in total. The Morgan fingerprint density at radius 1 is 1.53 bits per heavy atom. The minimum absolute atomic E-state index is 0.229. The number of hydrogen-bond acceptors (Lipinski definition) is 3. The first-order chi connectivity index (χ1) is 9.01.